The molecule has 0 saturated carbocycles. The van der Waals surface area contributed by atoms with Crippen LogP contribution in [0.4, 0.5) is 0 Å². The van der Waals surface area contributed by atoms with Crippen molar-refractivity contribution >= 4 is 0 Å². The molecule has 1 aliphatic heterocycles. The Balaban J connectivity index is 1.73. The molecule has 1 rings (SSSR count). The zero-order valence-electron chi connectivity index (χ0n) is 16.8. The Morgan fingerprint density at radius 2 is 1.36 bits per heavy atom. The summed E-state index contributed by atoms with van der Waals surface area (Å²) in [5.74, 6) is 6.61. The first-order valence-electron chi connectivity index (χ1n) is 11.1. The lowest BCUT2D eigenvalue weighted by Crippen LogP contribution is -2.22. The molecule has 2 heteroatoms. The van der Waals surface area contributed by atoms with Crippen LogP contribution in [-0.2, 0) is 9.47 Å². The summed E-state index contributed by atoms with van der Waals surface area (Å²) in [6.45, 7) is 3.94. The third-order valence-electron chi connectivity index (χ3n) is 4.92. The number of hydrogen-bond acceptors (Lipinski definition) is 2. The van der Waals surface area contributed by atoms with E-state index < -0.39 is 0 Å². The van der Waals surface area contributed by atoms with Crippen LogP contribution >= 0.6 is 0 Å². The molecular weight excluding hydrogens is 308 g/mol. The summed E-state index contributed by atoms with van der Waals surface area (Å²) in [5.41, 5.74) is 0. The van der Waals surface area contributed by atoms with Gasteiger partial charge in [0, 0.05) is 19.4 Å². The molecule has 0 aliphatic carbocycles. The maximum atomic E-state index is 5.71. The Bertz CT molecular complexity index is 323. The summed E-state index contributed by atoms with van der Waals surface area (Å²) in [4.78, 5) is 0. The first-order valence-corrected chi connectivity index (χ1v) is 11.1. The van der Waals surface area contributed by atoms with Crippen LogP contribution in [0.5, 0.6) is 0 Å². The lowest BCUT2D eigenvalue weighted by Gasteiger charge is -2.22. The third-order valence-corrected chi connectivity index (χ3v) is 4.92. The van der Waals surface area contributed by atoms with Gasteiger partial charge in [-0.2, -0.15) is 0 Å². The maximum absolute atomic E-state index is 5.71. The smallest absolute Gasteiger partial charge is 0.157 e. The van der Waals surface area contributed by atoms with E-state index in [1.54, 1.807) is 0 Å². The SMILES string of the molecule is CCCCCCCCCCCCCC#CCCCOC1CCCCO1. The van der Waals surface area contributed by atoms with Crippen LogP contribution in [0.2, 0.25) is 0 Å². The average Bonchev–Trinajstić information content (AvgIpc) is 2.65. The van der Waals surface area contributed by atoms with Crippen LogP contribution in [0.25, 0.3) is 0 Å². The van der Waals surface area contributed by atoms with Crippen LogP contribution < -0.4 is 0 Å². The van der Waals surface area contributed by atoms with Crippen molar-refractivity contribution < 1.29 is 9.47 Å². The van der Waals surface area contributed by atoms with Crippen molar-refractivity contribution in [3.05, 3.63) is 0 Å². The van der Waals surface area contributed by atoms with Crippen LogP contribution in [0, 0.1) is 11.8 Å². The first-order chi connectivity index (χ1) is 12.4. The number of rotatable bonds is 15. The van der Waals surface area contributed by atoms with E-state index in [1.165, 1.54) is 83.5 Å². The summed E-state index contributed by atoms with van der Waals surface area (Å²) in [7, 11) is 0. The fraction of sp³-hybridized carbons (Fsp3) is 0.913. The Morgan fingerprint density at radius 3 is 1.96 bits per heavy atom. The monoisotopic (exact) mass is 350 g/mol. The van der Waals surface area contributed by atoms with Gasteiger partial charge in [-0.3, -0.25) is 0 Å². The summed E-state index contributed by atoms with van der Waals surface area (Å²) < 4.78 is 11.3. The first kappa shape index (κ1) is 22.5. The summed E-state index contributed by atoms with van der Waals surface area (Å²) >= 11 is 0. The van der Waals surface area contributed by atoms with Gasteiger partial charge >= 0.3 is 0 Å². The second kappa shape index (κ2) is 18.3. The zero-order valence-corrected chi connectivity index (χ0v) is 16.8. The van der Waals surface area contributed by atoms with E-state index in [9.17, 15) is 0 Å². The summed E-state index contributed by atoms with van der Waals surface area (Å²) in [6.07, 6.45) is 22.0. The third kappa shape index (κ3) is 15.5. The van der Waals surface area contributed by atoms with Gasteiger partial charge in [0.25, 0.3) is 0 Å². The zero-order chi connectivity index (χ0) is 17.8. The molecule has 1 fully saturated rings. The highest BCUT2D eigenvalue weighted by Crippen LogP contribution is 2.14. The molecule has 0 spiro atoms. The lowest BCUT2D eigenvalue weighted by atomic mass is 10.1. The van der Waals surface area contributed by atoms with E-state index in [1.807, 2.05) is 0 Å². The fourth-order valence-electron chi connectivity index (χ4n) is 3.27. The van der Waals surface area contributed by atoms with E-state index in [0.717, 1.165) is 38.9 Å². The number of hydrogen-bond donors (Lipinski definition) is 0. The van der Waals surface area contributed by atoms with Gasteiger partial charge in [0.05, 0.1) is 6.61 Å². The standard InChI is InChI=1S/C23H42O2/c1-2-3-4-5-6-7-8-9-10-11-12-13-14-15-16-18-21-24-23-20-17-19-22-25-23/h23H,2-13,16-22H2,1H3. The van der Waals surface area contributed by atoms with Crippen LogP contribution in [-0.4, -0.2) is 19.5 Å². The second-order valence-electron chi connectivity index (χ2n) is 7.41. The Hall–Kier alpha value is -0.520. The Kier molecular flexibility index (Phi) is 16.5. The highest BCUT2D eigenvalue weighted by molar-refractivity contribution is 4.98. The second-order valence-corrected chi connectivity index (χ2v) is 7.41. The van der Waals surface area contributed by atoms with Crippen LogP contribution in [0.15, 0.2) is 0 Å². The van der Waals surface area contributed by atoms with Gasteiger partial charge in [-0.15, -0.1) is 11.8 Å². The molecule has 25 heavy (non-hydrogen) atoms. The molecule has 0 amide bonds. The largest absolute Gasteiger partial charge is 0.353 e. The van der Waals surface area contributed by atoms with Gasteiger partial charge in [-0.25, -0.2) is 0 Å². The molecular formula is C23H42O2. The quantitative estimate of drug-likeness (QED) is 0.233. The van der Waals surface area contributed by atoms with Gasteiger partial charge in [0.2, 0.25) is 0 Å². The molecule has 0 aromatic rings. The molecule has 0 radical (unpaired) electrons. The minimum atomic E-state index is 0.0537. The molecule has 1 atom stereocenters. The molecule has 0 aromatic heterocycles. The Morgan fingerprint density at radius 1 is 0.760 bits per heavy atom. The minimum Gasteiger partial charge on any atom is -0.353 e. The van der Waals surface area contributed by atoms with Crippen molar-refractivity contribution in [1.82, 2.24) is 0 Å². The van der Waals surface area contributed by atoms with E-state index in [4.69, 9.17) is 9.47 Å². The van der Waals surface area contributed by atoms with E-state index in [2.05, 4.69) is 18.8 Å². The highest BCUT2D eigenvalue weighted by atomic mass is 16.7. The molecule has 0 bridgehead atoms. The molecule has 1 heterocycles. The van der Waals surface area contributed by atoms with Crippen molar-refractivity contribution in [3.8, 4) is 11.8 Å². The van der Waals surface area contributed by atoms with Gasteiger partial charge < -0.3 is 9.47 Å². The van der Waals surface area contributed by atoms with Gasteiger partial charge in [-0.05, 0) is 32.1 Å². The lowest BCUT2D eigenvalue weighted by molar-refractivity contribution is -0.162. The predicted octanol–water partition coefficient (Wildman–Crippen LogP) is 7.01. The van der Waals surface area contributed by atoms with E-state index in [-0.39, 0.29) is 6.29 Å². The number of unbranched alkanes of at least 4 members (excludes halogenated alkanes) is 12. The van der Waals surface area contributed by atoms with Gasteiger partial charge in [-0.1, -0.05) is 71.1 Å². The van der Waals surface area contributed by atoms with Crippen LogP contribution in [0.3, 0.4) is 0 Å². The van der Waals surface area contributed by atoms with Crippen LogP contribution in [0.1, 0.15) is 116 Å². The van der Waals surface area contributed by atoms with E-state index in [0.29, 0.717) is 0 Å². The van der Waals surface area contributed by atoms with Gasteiger partial charge in [0.15, 0.2) is 6.29 Å². The molecule has 2 nitrogen and oxygen atoms in total. The normalized spacial score (nSPS) is 17.2. The predicted molar refractivity (Wildman–Crippen MR) is 108 cm³/mol. The molecule has 1 aliphatic rings. The maximum Gasteiger partial charge on any atom is 0.157 e. The van der Waals surface area contributed by atoms with Gasteiger partial charge in [0.1, 0.15) is 0 Å². The molecule has 0 N–H and O–H groups in total. The molecule has 1 saturated heterocycles. The van der Waals surface area contributed by atoms with Crippen molar-refractivity contribution in [1.29, 1.82) is 0 Å². The van der Waals surface area contributed by atoms with Crippen molar-refractivity contribution in [2.75, 3.05) is 13.2 Å². The number of ether oxygens (including phenoxy) is 2. The molecule has 146 valence electrons. The molecule has 1 unspecified atom stereocenters. The van der Waals surface area contributed by atoms with Crippen molar-refractivity contribution in [2.24, 2.45) is 0 Å². The minimum absolute atomic E-state index is 0.0537. The van der Waals surface area contributed by atoms with Crippen molar-refractivity contribution in [3.63, 3.8) is 0 Å². The average molecular weight is 351 g/mol. The highest BCUT2D eigenvalue weighted by Gasteiger charge is 2.12. The summed E-state index contributed by atoms with van der Waals surface area (Å²) in [5, 5.41) is 0. The topological polar surface area (TPSA) is 18.5 Å². The van der Waals surface area contributed by atoms with Crippen molar-refractivity contribution in [2.45, 2.75) is 122 Å². The summed E-state index contributed by atoms with van der Waals surface area (Å²) in [6, 6.07) is 0. The Labute approximate surface area is 157 Å². The van der Waals surface area contributed by atoms with E-state index >= 15 is 0 Å². The fourth-order valence-corrected chi connectivity index (χ4v) is 3.27. The molecule has 0 aromatic carbocycles.